The van der Waals surface area contributed by atoms with Gasteiger partial charge in [0, 0.05) is 23.2 Å². The number of methoxy groups -OCH3 is 1. The van der Waals surface area contributed by atoms with Crippen LogP contribution < -0.4 is 15.8 Å². The number of imidazole rings is 1. The standard InChI is InChI=1S/C35H44N6O6S/c1-7-33(4)16-24(34(5)19(2)12-14-35(20(3)28(33)44)15-13-22(42)27(34)35)47-25(43)17-48-30-26-29(39-31(36)40-30)41(18-37-26)32(45)38-21-10-8-9-11-23(21)46-6/h7-11,18-20,24,27-28,44H,1,12-17H2,2-6H3,(H,38,45)(H2,36,39,40)/t19-,20+,24-,27?,28+,33-,34+,35+/m1/s1. The van der Waals surface area contributed by atoms with Crippen molar-refractivity contribution < 1.29 is 29.0 Å². The summed E-state index contributed by atoms with van der Waals surface area (Å²) < 4.78 is 12.9. The van der Waals surface area contributed by atoms with Crippen LogP contribution in [0.25, 0.3) is 11.2 Å². The van der Waals surface area contributed by atoms with E-state index in [-0.39, 0.29) is 46.3 Å². The number of nitrogens with two attached hydrogens (primary N) is 1. The maximum Gasteiger partial charge on any atom is 0.333 e. The van der Waals surface area contributed by atoms with Crippen molar-refractivity contribution in [2.75, 3.05) is 23.9 Å². The Morgan fingerprint density at radius 3 is 2.71 bits per heavy atom. The molecule has 48 heavy (non-hydrogen) atoms. The van der Waals surface area contributed by atoms with Gasteiger partial charge in [-0.25, -0.2) is 19.3 Å². The molecule has 2 heterocycles. The fourth-order valence-corrected chi connectivity index (χ4v) is 9.65. The van der Waals surface area contributed by atoms with Gasteiger partial charge in [-0.05, 0) is 55.1 Å². The topological polar surface area (TPSA) is 172 Å². The van der Waals surface area contributed by atoms with E-state index in [0.29, 0.717) is 34.8 Å². The minimum atomic E-state index is -0.746. The smallest absolute Gasteiger partial charge is 0.333 e. The number of aromatic nitrogens is 4. The summed E-state index contributed by atoms with van der Waals surface area (Å²) in [4.78, 5) is 53.6. The number of nitrogens with zero attached hydrogens (tertiary/aromatic N) is 4. The zero-order chi connectivity index (χ0) is 34.6. The molecule has 0 radical (unpaired) electrons. The Morgan fingerprint density at radius 2 is 1.98 bits per heavy atom. The Hall–Kier alpha value is -3.97. The number of anilines is 2. The van der Waals surface area contributed by atoms with E-state index in [9.17, 15) is 19.5 Å². The van der Waals surface area contributed by atoms with Crippen molar-refractivity contribution >= 4 is 52.3 Å². The number of hydrogen-bond acceptors (Lipinski definition) is 11. The number of rotatable bonds is 7. The van der Waals surface area contributed by atoms with Gasteiger partial charge >= 0.3 is 12.0 Å². The zero-order valence-electron chi connectivity index (χ0n) is 28.1. The molecule has 3 aliphatic carbocycles. The Balaban J connectivity index is 1.26. The number of carbonyl (C=O) groups excluding carboxylic acids is 3. The predicted octanol–water partition coefficient (Wildman–Crippen LogP) is 5.50. The maximum absolute atomic E-state index is 13.7. The zero-order valence-corrected chi connectivity index (χ0v) is 28.9. The average molecular weight is 677 g/mol. The first-order chi connectivity index (χ1) is 22.8. The van der Waals surface area contributed by atoms with Crippen LogP contribution in [0.2, 0.25) is 0 Å². The number of nitrogens with one attached hydrogen (secondary N) is 1. The van der Waals surface area contributed by atoms with E-state index in [0.717, 1.165) is 31.0 Å². The van der Waals surface area contributed by atoms with Crippen LogP contribution in [0.4, 0.5) is 16.4 Å². The van der Waals surface area contributed by atoms with Crippen LogP contribution >= 0.6 is 11.8 Å². The summed E-state index contributed by atoms with van der Waals surface area (Å²) in [7, 11) is 1.51. The molecular weight excluding hydrogens is 632 g/mol. The second-order valence-corrected chi connectivity index (χ2v) is 15.1. The number of fused-ring (bicyclic) bond motifs is 1. The highest BCUT2D eigenvalue weighted by Gasteiger charge is 2.68. The molecule has 2 aromatic heterocycles. The number of carbonyl (C=O) groups is 3. The minimum Gasteiger partial charge on any atom is -0.495 e. The van der Waals surface area contributed by atoms with Crippen molar-refractivity contribution in [1.29, 1.82) is 0 Å². The molecule has 1 unspecified atom stereocenters. The fourth-order valence-electron chi connectivity index (χ4n) is 8.88. The molecule has 3 aromatic rings. The summed E-state index contributed by atoms with van der Waals surface area (Å²) in [6, 6.07) is 6.46. The molecule has 256 valence electrons. The average Bonchev–Trinajstić information content (AvgIpc) is 3.66. The first-order valence-electron chi connectivity index (χ1n) is 16.4. The first-order valence-corrected chi connectivity index (χ1v) is 17.4. The number of ketones is 1. The molecule has 3 fully saturated rings. The third-order valence-corrected chi connectivity index (χ3v) is 12.8. The number of aliphatic hydroxyl groups excluding tert-OH is 1. The van der Waals surface area contributed by atoms with E-state index >= 15 is 0 Å². The van der Waals surface area contributed by atoms with Gasteiger partial charge in [0.1, 0.15) is 34.5 Å². The number of esters is 1. The predicted molar refractivity (Wildman–Crippen MR) is 183 cm³/mol. The van der Waals surface area contributed by atoms with Gasteiger partial charge in [-0.15, -0.1) is 6.58 Å². The van der Waals surface area contributed by atoms with Crippen molar-refractivity contribution in [1.82, 2.24) is 19.5 Å². The third kappa shape index (κ3) is 5.35. The third-order valence-electron chi connectivity index (χ3n) is 11.9. The lowest BCUT2D eigenvalue weighted by molar-refractivity contribution is -0.205. The van der Waals surface area contributed by atoms with Crippen molar-refractivity contribution in [3.05, 3.63) is 43.2 Å². The number of benzene rings is 1. The summed E-state index contributed by atoms with van der Waals surface area (Å²) in [6.45, 7) is 12.4. The van der Waals surface area contributed by atoms with Crippen LogP contribution in [0.1, 0.15) is 59.8 Å². The van der Waals surface area contributed by atoms with Gasteiger partial charge in [0.05, 0.1) is 24.7 Å². The molecule has 0 saturated heterocycles. The first kappa shape index (κ1) is 33.9. The van der Waals surface area contributed by atoms with Gasteiger partial charge in [-0.3, -0.25) is 9.59 Å². The van der Waals surface area contributed by atoms with Crippen LogP contribution in [0.5, 0.6) is 5.75 Å². The highest BCUT2D eigenvalue weighted by Crippen LogP contribution is 2.68. The molecule has 6 rings (SSSR count). The Bertz CT molecular complexity index is 1780. The molecule has 8 atom stereocenters. The molecule has 12 nitrogen and oxygen atoms in total. The normalized spacial score (nSPS) is 33.0. The Morgan fingerprint density at radius 1 is 1.23 bits per heavy atom. The fraction of sp³-hybridized carbons (Fsp3) is 0.543. The van der Waals surface area contributed by atoms with Crippen LogP contribution in [-0.4, -0.2) is 67.5 Å². The van der Waals surface area contributed by atoms with Crippen molar-refractivity contribution in [2.45, 2.75) is 77.0 Å². The van der Waals surface area contributed by atoms with Gasteiger partial charge in [-0.1, -0.05) is 57.7 Å². The van der Waals surface area contributed by atoms with Gasteiger partial charge < -0.3 is 25.6 Å². The number of Topliss-reactive ketones (excluding diaryl/α,β-unsaturated/α-hetero) is 1. The molecule has 2 bridgehead atoms. The molecule has 1 amide bonds. The van der Waals surface area contributed by atoms with Crippen LogP contribution in [0.15, 0.2) is 48.3 Å². The van der Waals surface area contributed by atoms with E-state index in [4.69, 9.17) is 15.2 Å². The number of aliphatic hydroxyl groups is 1. The number of thioether (sulfide) groups is 1. The van der Waals surface area contributed by atoms with Crippen LogP contribution in [0, 0.1) is 34.0 Å². The monoisotopic (exact) mass is 676 g/mol. The lowest BCUT2D eigenvalue weighted by Crippen LogP contribution is -2.63. The largest absolute Gasteiger partial charge is 0.495 e. The molecule has 3 saturated carbocycles. The highest BCUT2D eigenvalue weighted by molar-refractivity contribution is 8.00. The molecule has 13 heteroatoms. The number of hydrogen-bond donors (Lipinski definition) is 3. The molecule has 0 spiro atoms. The van der Waals surface area contributed by atoms with Gasteiger partial charge in [0.2, 0.25) is 5.95 Å². The van der Waals surface area contributed by atoms with Gasteiger partial charge in [-0.2, -0.15) is 4.98 Å². The SMILES string of the molecule is C=C[C@]1(C)C[C@@H](OC(=O)CSc2nc(N)nc3c2ncn3C(=O)Nc2ccccc2OC)[C@@]2(C)C3C(=O)CC[C@@]3(CC[C@H]2C)[C@@H](C)[C@@H]1O. The van der Waals surface area contributed by atoms with E-state index in [1.165, 1.54) is 18.0 Å². The summed E-state index contributed by atoms with van der Waals surface area (Å²) in [5.74, 6) is -0.330. The van der Waals surface area contributed by atoms with E-state index in [1.807, 2.05) is 6.92 Å². The number of ether oxygens (including phenoxy) is 2. The van der Waals surface area contributed by atoms with E-state index in [2.05, 4.69) is 47.6 Å². The summed E-state index contributed by atoms with van der Waals surface area (Å²) >= 11 is 1.08. The highest BCUT2D eigenvalue weighted by atomic mass is 32.2. The van der Waals surface area contributed by atoms with Crippen molar-refractivity contribution in [2.24, 2.45) is 34.0 Å². The molecule has 3 aliphatic rings. The molecule has 4 N–H and O–H groups in total. The maximum atomic E-state index is 13.7. The second-order valence-electron chi connectivity index (χ2n) is 14.2. The van der Waals surface area contributed by atoms with Crippen LogP contribution in [0.3, 0.4) is 0 Å². The van der Waals surface area contributed by atoms with Crippen molar-refractivity contribution in [3.8, 4) is 5.75 Å². The lowest BCUT2D eigenvalue weighted by atomic mass is 9.44. The number of nitrogen functional groups attached to an aromatic ring is 1. The van der Waals surface area contributed by atoms with Gasteiger partial charge in [0.25, 0.3) is 0 Å². The number of amides is 1. The summed E-state index contributed by atoms with van der Waals surface area (Å²) in [5.41, 5.74) is 5.28. The van der Waals surface area contributed by atoms with Crippen molar-refractivity contribution in [3.63, 3.8) is 0 Å². The molecule has 0 aliphatic heterocycles. The van der Waals surface area contributed by atoms with Crippen LogP contribution in [-0.2, 0) is 14.3 Å². The quantitative estimate of drug-likeness (QED) is 0.125. The lowest BCUT2D eigenvalue weighted by Gasteiger charge is -2.61. The Kier molecular flexibility index (Phi) is 8.82. The summed E-state index contributed by atoms with van der Waals surface area (Å²) in [6.07, 6.45) is 5.01. The van der Waals surface area contributed by atoms with E-state index < -0.39 is 35.0 Å². The minimum absolute atomic E-state index is 0.0882. The second kappa shape index (κ2) is 12.5. The Labute approximate surface area is 284 Å². The summed E-state index contributed by atoms with van der Waals surface area (Å²) in [5, 5.41) is 14.9. The van der Waals surface area contributed by atoms with E-state index in [1.54, 1.807) is 30.3 Å². The number of para-hydroxylation sites is 2. The van der Waals surface area contributed by atoms with Gasteiger partial charge in [0.15, 0.2) is 5.65 Å². The molecular formula is C35H44N6O6S. The molecule has 1 aromatic carbocycles.